The summed E-state index contributed by atoms with van der Waals surface area (Å²) in [6, 6.07) is 8.06. The number of rotatable bonds is 1. The number of hydrogen-bond donors (Lipinski definition) is 1. The van der Waals surface area contributed by atoms with E-state index in [9.17, 15) is 0 Å². The molecule has 1 atom stereocenters. The van der Waals surface area contributed by atoms with Gasteiger partial charge in [0.1, 0.15) is 6.10 Å². The van der Waals surface area contributed by atoms with Gasteiger partial charge in [-0.05, 0) is 19.1 Å². The molecule has 1 unspecified atom stereocenters. The highest BCUT2D eigenvalue weighted by Gasteiger charge is 2.17. The fourth-order valence-electron chi connectivity index (χ4n) is 1.31. The van der Waals surface area contributed by atoms with Crippen molar-refractivity contribution in [3.8, 4) is 0 Å². The molecule has 0 bridgehead atoms. The number of nitrogens with one attached hydrogen (secondary N) is 1. The first-order valence-corrected chi connectivity index (χ1v) is 4.91. The molecule has 0 spiro atoms. The van der Waals surface area contributed by atoms with Crippen molar-refractivity contribution in [2.75, 3.05) is 0 Å². The number of benzene rings is 1. The highest BCUT2D eigenvalue weighted by Crippen LogP contribution is 2.29. The minimum absolute atomic E-state index is 0.0237. The Morgan fingerprint density at radius 1 is 1.38 bits per heavy atom. The second kappa shape index (κ2) is 3.52. The van der Waals surface area contributed by atoms with Gasteiger partial charge in [-0.15, -0.1) is 0 Å². The van der Waals surface area contributed by atoms with E-state index in [2.05, 4.69) is 27.5 Å². The summed E-state index contributed by atoms with van der Waals surface area (Å²) in [6.45, 7) is 1.98. The third-order valence-electron chi connectivity index (χ3n) is 1.96. The van der Waals surface area contributed by atoms with Gasteiger partial charge in [0.25, 0.3) is 0 Å². The van der Waals surface area contributed by atoms with Gasteiger partial charge >= 0.3 is 0 Å². The third kappa shape index (κ3) is 1.76. The van der Waals surface area contributed by atoms with Gasteiger partial charge in [0.15, 0.2) is 0 Å². The highest BCUT2D eigenvalue weighted by atomic mass is 79.9. The molecule has 1 aliphatic heterocycles. The Hall–Kier alpha value is -0.800. The van der Waals surface area contributed by atoms with E-state index < -0.39 is 0 Å². The van der Waals surface area contributed by atoms with Crippen molar-refractivity contribution in [3.63, 3.8) is 0 Å². The van der Waals surface area contributed by atoms with Crippen molar-refractivity contribution >= 4 is 15.9 Å². The van der Waals surface area contributed by atoms with Crippen LogP contribution in [0.3, 0.4) is 0 Å². The summed E-state index contributed by atoms with van der Waals surface area (Å²) in [4.78, 5) is 5.36. The first-order chi connectivity index (χ1) is 6.27. The molecule has 0 radical (unpaired) electrons. The average molecular weight is 240 g/mol. The molecule has 0 aliphatic carbocycles. The fourth-order valence-corrected chi connectivity index (χ4v) is 1.82. The molecule has 0 saturated carbocycles. The van der Waals surface area contributed by atoms with Gasteiger partial charge in [-0.25, -0.2) is 0 Å². The van der Waals surface area contributed by atoms with E-state index in [1.807, 2.05) is 31.2 Å². The third-order valence-corrected chi connectivity index (χ3v) is 2.68. The van der Waals surface area contributed by atoms with Crippen molar-refractivity contribution in [2.45, 2.75) is 13.0 Å². The van der Waals surface area contributed by atoms with E-state index in [-0.39, 0.29) is 6.10 Å². The first kappa shape index (κ1) is 8.78. The van der Waals surface area contributed by atoms with Crippen molar-refractivity contribution in [1.82, 2.24) is 5.48 Å². The monoisotopic (exact) mass is 239 g/mol. The lowest BCUT2D eigenvalue weighted by atomic mass is 10.1. The molecule has 0 amide bonds. The lowest BCUT2D eigenvalue weighted by Gasteiger charge is -2.09. The van der Waals surface area contributed by atoms with Crippen molar-refractivity contribution in [3.05, 3.63) is 46.1 Å². The molecule has 1 heterocycles. The van der Waals surface area contributed by atoms with Crippen LogP contribution in [-0.4, -0.2) is 0 Å². The van der Waals surface area contributed by atoms with Gasteiger partial charge < -0.3 is 0 Å². The minimum atomic E-state index is 0.0237. The van der Waals surface area contributed by atoms with Gasteiger partial charge in [-0.2, -0.15) is 0 Å². The van der Waals surface area contributed by atoms with Gasteiger partial charge in [-0.1, -0.05) is 34.1 Å². The maximum absolute atomic E-state index is 5.36. The summed E-state index contributed by atoms with van der Waals surface area (Å²) in [6.07, 6.45) is 2.08. The minimum Gasteiger partial charge on any atom is -0.271 e. The number of hydrogen-bond acceptors (Lipinski definition) is 2. The van der Waals surface area contributed by atoms with Gasteiger partial charge in [0.2, 0.25) is 0 Å². The van der Waals surface area contributed by atoms with Gasteiger partial charge in [0, 0.05) is 15.7 Å². The molecule has 2 nitrogen and oxygen atoms in total. The van der Waals surface area contributed by atoms with Crippen LogP contribution in [0.5, 0.6) is 0 Å². The molecule has 2 rings (SSSR count). The standard InChI is InChI=1S/C10H10BrNO/c1-7-6-10(13-12-7)8-4-2-3-5-9(8)11/h2-6,10,12H,1H3. The number of halogens is 1. The molecule has 0 fully saturated rings. The summed E-state index contributed by atoms with van der Waals surface area (Å²) in [5, 5.41) is 0. The molecule has 1 aromatic carbocycles. The molecule has 13 heavy (non-hydrogen) atoms. The van der Waals surface area contributed by atoms with Crippen LogP contribution in [0, 0.1) is 0 Å². The van der Waals surface area contributed by atoms with Crippen LogP contribution >= 0.6 is 15.9 Å². The molecule has 3 heteroatoms. The average Bonchev–Trinajstić information content (AvgIpc) is 2.53. The Bertz CT molecular complexity index is 349. The Morgan fingerprint density at radius 2 is 2.15 bits per heavy atom. The van der Waals surface area contributed by atoms with E-state index in [1.54, 1.807) is 0 Å². The summed E-state index contributed by atoms with van der Waals surface area (Å²) >= 11 is 3.49. The lowest BCUT2D eigenvalue weighted by Crippen LogP contribution is -2.06. The van der Waals surface area contributed by atoms with Gasteiger partial charge in [0.05, 0.1) is 0 Å². The zero-order valence-electron chi connectivity index (χ0n) is 7.25. The van der Waals surface area contributed by atoms with Gasteiger partial charge in [-0.3, -0.25) is 10.3 Å². The molecular formula is C10H10BrNO. The summed E-state index contributed by atoms with van der Waals surface area (Å²) in [7, 11) is 0. The van der Waals surface area contributed by atoms with Crippen LogP contribution in [-0.2, 0) is 4.84 Å². The van der Waals surface area contributed by atoms with Crippen molar-refractivity contribution in [2.24, 2.45) is 0 Å². The first-order valence-electron chi connectivity index (χ1n) is 4.12. The Kier molecular flexibility index (Phi) is 2.38. The predicted octanol–water partition coefficient (Wildman–Crippen LogP) is 2.93. The number of allylic oxidation sites excluding steroid dienone is 1. The zero-order chi connectivity index (χ0) is 9.26. The molecular weight excluding hydrogens is 230 g/mol. The smallest absolute Gasteiger partial charge is 0.132 e. The maximum Gasteiger partial charge on any atom is 0.132 e. The van der Waals surface area contributed by atoms with E-state index in [0.717, 1.165) is 15.7 Å². The number of hydroxylamine groups is 1. The normalized spacial score (nSPS) is 21.1. The summed E-state index contributed by atoms with van der Waals surface area (Å²) in [5.74, 6) is 0. The fraction of sp³-hybridized carbons (Fsp3) is 0.200. The Labute approximate surface area is 85.7 Å². The Morgan fingerprint density at radius 3 is 2.77 bits per heavy atom. The topological polar surface area (TPSA) is 21.3 Å². The van der Waals surface area contributed by atoms with E-state index in [4.69, 9.17) is 4.84 Å². The van der Waals surface area contributed by atoms with Crippen molar-refractivity contribution < 1.29 is 4.84 Å². The van der Waals surface area contributed by atoms with E-state index in [0.29, 0.717) is 0 Å². The predicted molar refractivity (Wildman–Crippen MR) is 54.9 cm³/mol. The van der Waals surface area contributed by atoms with Crippen LogP contribution in [0.2, 0.25) is 0 Å². The molecule has 68 valence electrons. The van der Waals surface area contributed by atoms with E-state index >= 15 is 0 Å². The molecule has 1 N–H and O–H groups in total. The lowest BCUT2D eigenvalue weighted by molar-refractivity contribution is 0.0418. The summed E-state index contributed by atoms with van der Waals surface area (Å²) in [5.41, 5.74) is 5.04. The van der Waals surface area contributed by atoms with Crippen LogP contribution in [0.25, 0.3) is 0 Å². The van der Waals surface area contributed by atoms with Crippen LogP contribution in [0.15, 0.2) is 40.5 Å². The second-order valence-corrected chi connectivity index (χ2v) is 3.87. The van der Waals surface area contributed by atoms with E-state index in [1.165, 1.54) is 0 Å². The maximum atomic E-state index is 5.36. The van der Waals surface area contributed by atoms with Crippen molar-refractivity contribution in [1.29, 1.82) is 0 Å². The molecule has 0 saturated heterocycles. The quantitative estimate of drug-likeness (QED) is 0.814. The molecule has 1 aromatic rings. The van der Waals surface area contributed by atoms with Crippen LogP contribution < -0.4 is 5.48 Å². The summed E-state index contributed by atoms with van der Waals surface area (Å²) < 4.78 is 1.08. The SMILES string of the molecule is CC1=CC(c2ccccc2Br)ON1. The zero-order valence-corrected chi connectivity index (χ0v) is 8.84. The molecule has 0 aromatic heterocycles. The van der Waals surface area contributed by atoms with Crippen LogP contribution in [0.4, 0.5) is 0 Å². The Balaban J connectivity index is 2.31. The highest BCUT2D eigenvalue weighted by molar-refractivity contribution is 9.10. The molecule has 1 aliphatic rings. The van der Waals surface area contributed by atoms with Crippen LogP contribution in [0.1, 0.15) is 18.6 Å². The largest absolute Gasteiger partial charge is 0.271 e. The second-order valence-electron chi connectivity index (χ2n) is 3.01.